The quantitative estimate of drug-likeness (QED) is 0.703. The van der Waals surface area contributed by atoms with Crippen LogP contribution in [0.1, 0.15) is 31.0 Å². The van der Waals surface area contributed by atoms with Gasteiger partial charge >= 0.3 is 0 Å². The Kier molecular flexibility index (Phi) is 2.71. The first-order valence-corrected chi connectivity index (χ1v) is 4.22. The van der Waals surface area contributed by atoms with Gasteiger partial charge in [-0.3, -0.25) is 0 Å². The molecule has 1 aromatic rings. The summed E-state index contributed by atoms with van der Waals surface area (Å²) in [5.74, 6) is 0.291. The number of rotatable bonds is 2. The summed E-state index contributed by atoms with van der Waals surface area (Å²) in [6.45, 7) is 4.01. The van der Waals surface area contributed by atoms with Crippen molar-refractivity contribution in [2.24, 2.45) is 5.73 Å². The number of phenolic OH excluding ortho intramolecular Hbond substituents is 1. The van der Waals surface area contributed by atoms with Gasteiger partial charge in [-0.15, -0.1) is 0 Å². The molecule has 66 valence electrons. The highest BCUT2D eigenvalue weighted by Crippen LogP contribution is 2.21. The molecule has 2 nitrogen and oxygen atoms in total. The van der Waals surface area contributed by atoms with Crippen molar-refractivity contribution in [2.75, 3.05) is 0 Å². The predicted molar refractivity (Wildman–Crippen MR) is 50.1 cm³/mol. The van der Waals surface area contributed by atoms with Crippen molar-refractivity contribution in [3.63, 3.8) is 0 Å². The van der Waals surface area contributed by atoms with Crippen LogP contribution in [-0.2, 0) is 6.42 Å². The van der Waals surface area contributed by atoms with Gasteiger partial charge in [-0.25, -0.2) is 0 Å². The van der Waals surface area contributed by atoms with Gasteiger partial charge in [-0.05, 0) is 36.6 Å². The second-order valence-corrected chi connectivity index (χ2v) is 3.03. The van der Waals surface area contributed by atoms with Gasteiger partial charge < -0.3 is 10.8 Å². The molecule has 0 aliphatic rings. The number of aryl methyl sites for hydroxylation is 1. The minimum absolute atomic E-state index is 0.00736. The summed E-state index contributed by atoms with van der Waals surface area (Å²) in [6.07, 6.45) is 0.956. The molecule has 12 heavy (non-hydrogen) atoms. The Hall–Kier alpha value is -1.02. The van der Waals surface area contributed by atoms with E-state index in [2.05, 4.69) is 6.92 Å². The normalized spacial score (nSPS) is 12.9. The molecule has 0 amide bonds. The zero-order valence-corrected chi connectivity index (χ0v) is 7.54. The molecular formula is C10H15NO. The van der Waals surface area contributed by atoms with E-state index >= 15 is 0 Å². The number of hydrogen-bond donors (Lipinski definition) is 2. The number of phenols is 1. The molecule has 2 heteroatoms. The van der Waals surface area contributed by atoms with Gasteiger partial charge in [0, 0.05) is 6.04 Å². The minimum atomic E-state index is -0.00736. The third-order valence-electron chi connectivity index (χ3n) is 2.00. The Balaban J connectivity index is 3.12. The smallest absolute Gasteiger partial charge is 0.115 e. The minimum Gasteiger partial charge on any atom is -0.508 e. The lowest BCUT2D eigenvalue weighted by molar-refractivity contribution is 0.473. The molecular weight excluding hydrogens is 150 g/mol. The molecule has 0 saturated heterocycles. The van der Waals surface area contributed by atoms with Crippen molar-refractivity contribution >= 4 is 0 Å². The van der Waals surface area contributed by atoms with E-state index in [0.29, 0.717) is 5.75 Å². The van der Waals surface area contributed by atoms with E-state index in [4.69, 9.17) is 5.73 Å². The van der Waals surface area contributed by atoms with Crippen LogP contribution in [0.5, 0.6) is 5.75 Å². The first kappa shape index (κ1) is 9.07. The van der Waals surface area contributed by atoms with Crippen LogP contribution >= 0.6 is 0 Å². The van der Waals surface area contributed by atoms with Gasteiger partial charge in [-0.2, -0.15) is 0 Å². The van der Waals surface area contributed by atoms with Gasteiger partial charge in [0.25, 0.3) is 0 Å². The summed E-state index contributed by atoms with van der Waals surface area (Å²) in [5.41, 5.74) is 8.00. The number of aromatic hydroxyl groups is 1. The molecule has 1 rings (SSSR count). The maximum Gasteiger partial charge on any atom is 0.115 e. The fourth-order valence-corrected chi connectivity index (χ4v) is 1.33. The van der Waals surface area contributed by atoms with Gasteiger partial charge in [0.2, 0.25) is 0 Å². The highest BCUT2D eigenvalue weighted by Gasteiger charge is 2.05. The molecule has 1 unspecified atom stereocenters. The highest BCUT2D eigenvalue weighted by atomic mass is 16.3. The van der Waals surface area contributed by atoms with Crippen LogP contribution < -0.4 is 5.73 Å². The lowest BCUT2D eigenvalue weighted by Crippen LogP contribution is -2.07. The summed E-state index contributed by atoms with van der Waals surface area (Å²) in [7, 11) is 0. The lowest BCUT2D eigenvalue weighted by Gasteiger charge is -2.11. The van der Waals surface area contributed by atoms with Crippen molar-refractivity contribution in [1.29, 1.82) is 0 Å². The van der Waals surface area contributed by atoms with Crippen molar-refractivity contribution in [3.8, 4) is 5.75 Å². The topological polar surface area (TPSA) is 46.2 Å². The predicted octanol–water partition coefficient (Wildman–Crippen LogP) is 1.97. The number of nitrogens with two attached hydrogens (primary N) is 1. The molecule has 0 fully saturated rings. The Morgan fingerprint density at radius 3 is 2.67 bits per heavy atom. The van der Waals surface area contributed by atoms with Crippen molar-refractivity contribution in [1.82, 2.24) is 0 Å². The fraction of sp³-hybridized carbons (Fsp3) is 0.400. The van der Waals surface area contributed by atoms with E-state index in [-0.39, 0.29) is 6.04 Å². The molecule has 0 radical (unpaired) electrons. The largest absolute Gasteiger partial charge is 0.508 e. The first-order chi connectivity index (χ1) is 5.65. The molecule has 3 N–H and O–H groups in total. The highest BCUT2D eigenvalue weighted by molar-refractivity contribution is 5.36. The van der Waals surface area contributed by atoms with E-state index in [9.17, 15) is 5.11 Å². The molecule has 1 aromatic carbocycles. The molecule has 1 atom stereocenters. The van der Waals surface area contributed by atoms with E-state index < -0.39 is 0 Å². The van der Waals surface area contributed by atoms with Crippen molar-refractivity contribution < 1.29 is 5.11 Å². The third kappa shape index (κ3) is 1.77. The van der Waals surface area contributed by atoms with Crippen LogP contribution in [-0.4, -0.2) is 5.11 Å². The zero-order chi connectivity index (χ0) is 9.14. The molecule has 0 saturated carbocycles. The van der Waals surface area contributed by atoms with E-state index in [1.54, 1.807) is 12.1 Å². The molecule has 0 spiro atoms. The standard InChI is InChI=1S/C10H15NO/c1-3-8-4-5-9(12)6-10(8)7(2)11/h4-7,12H,3,11H2,1-2H3. The average molecular weight is 165 g/mol. The Bertz CT molecular complexity index is 269. The SMILES string of the molecule is CCc1ccc(O)cc1C(C)N. The van der Waals surface area contributed by atoms with E-state index in [1.165, 1.54) is 5.56 Å². The third-order valence-corrected chi connectivity index (χ3v) is 2.00. The molecule has 0 aliphatic carbocycles. The maximum atomic E-state index is 9.23. The Labute approximate surface area is 73.0 Å². The number of hydrogen-bond acceptors (Lipinski definition) is 2. The average Bonchev–Trinajstić information content (AvgIpc) is 2.04. The Morgan fingerprint density at radius 1 is 1.50 bits per heavy atom. The second-order valence-electron chi connectivity index (χ2n) is 3.03. The maximum absolute atomic E-state index is 9.23. The molecule has 0 bridgehead atoms. The van der Waals surface area contributed by atoms with Gasteiger partial charge in [0.15, 0.2) is 0 Å². The van der Waals surface area contributed by atoms with Crippen LogP contribution in [0.25, 0.3) is 0 Å². The zero-order valence-electron chi connectivity index (χ0n) is 7.54. The van der Waals surface area contributed by atoms with Crippen LogP contribution in [0.3, 0.4) is 0 Å². The van der Waals surface area contributed by atoms with Crippen LogP contribution in [0.2, 0.25) is 0 Å². The summed E-state index contributed by atoms with van der Waals surface area (Å²) in [4.78, 5) is 0. The van der Waals surface area contributed by atoms with E-state index in [0.717, 1.165) is 12.0 Å². The fourth-order valence-electron chi connectivity index (χ4n) is 1.33. The van der Waals surface area contributed by atoms with E-state index in [1.807, 2.05) is 13.0 Å². The van der Waals surface area contributed by atoms with Crippen molar-refractivity contribution in [3.05, 3.63) is 29.3 Å². The molecule has 0 heterocycles. The monoisotopic (exact) mass is 165 g/mol. The van der Waals surface area contributed by atoms with Crippen LogP contribution in [0.15, 0.2) is 18.2 Å². The summed E-state index contributed by atoms with van der Waals surface area (Å²) in [6, 6.07) is 5.36. The number of benzene rings is 1. The second kappa shape index (κ2) is 3.59. The first-order valence-electron chi connectivity index (χ1n) is 4.22. The summed E-state index contributed by atoms with van der Waals surface area (Å²) >= 11 is 0. The van der Waals surface area contributed by atoms with Crippen LogP contribution in [0.4, 0.5) is 0 Å². The molecule has 0 aliphatic heterocycles. The van der Waals surface area contributed by atoms with Gasteiger partial charge in [0.05, 0.1) is 0 Å². The lowest BCUT2D eigenvalue weighted by atomic mass is 10.00. The Morgan fingerprint density at radius 2 is 2.17 bits per heavy atom. The van der Waals surface area contributed by atoms with Gasteiger partial charge in [0.1, 0.15) is 5.75 Å². The van der Waals surface area contributed by atoms with Crippen LogP contribution in [0, 0.1) is 0 Å². The summed E-state index contributed by atoms with van der Waals surface area (Å²) in [5, 5.41) is 9.23. The molecule has 0 aromatic heterocycles. The summed E-state index contributed by atoms with van der Waals surface area (Å²) < 4.78 is 0. The van der Waals surface area contributed by atoms with Crippen molar-refractivity contribution in [2.45, 2.75) is 26.3 Å². The van der Waals surface area contributed by atoms with Gasteiger partial charge in [-0.1, -0.05) is 13.0 Å².